The van der Waals surface area contributed by atoms with Crippen LogP contribution in [0.4, 0.5) is 0 Å². The quantitative estimate of drug-likeness (QED) is 0.0257. The molecular weight excluding hydrogens is 897 g/mol. The van der Waals surface area contributed by atoms with Gasteiger partial charge in [-0.3, -0.25) is 19.2 Å². The lowest BCUT2D eigenvalue weighted by Crippen LogP contribution is -2.39. The summed E-state index contributed by atoms with van der Waals surface area (Å²) in [5.74, 6) is -0.735. The first-order valence-corrected chi connectivity index (χ1v) is 31.0. The average Bonchev–Trinajstić information content (AvgIpc) is 3.38. The summed E-state index contributed by atoms with van der Waals surface area (Å²) in [6.07, 6.45) is 50.5. The number of ether oxygens (including phenoxy) is 3. The Morgan fingerprint density at radius 1 is 0.403 bits per heavy atom. The molecule has 0 fully saturated rings. The molecule has 0 aromatic heterocycles. The van der Waals surface area contributed by atoms with E-state index in [1.165, 1.54) is 103 Å². The molecule has 1 atom stereocenters. The molecule has 0 spiro atoms. The molecule has 0 aliphatic rings. The summed E-state index contributed by atoms with van der Waals surface area (Å²) in [5.41, 5.74) is 0. The lowest BCUT2D eigenvalue weighted by molar-refractivity contribution is -0.151. The minimum Gasteiger partial charge on any atom is -0.465 e. The van der Waals surface area contributed by atoms with Crippen molar-refractivity contribution < 1.29 is 33.4 Å². The molecule has 0 aliphatic carbocycles. The third kappa shape index (κ3) is 47.1. The van der Waals surface area contributed by atoms with Gasteiger partial charge >= 0.3 is 17.9 Å². The van der Waals surface area contributed by atoms with Crippen LogP contribution in [0.3, 0.4) is 0 Å². The molecule has 0 radical (unpaired) electrons. The maximum atomic E-state index is 13.7. The Labute approximate surface area is 445 Å². The van der Waals surface area contributed by atoms with E-state index in [2.05, 4.69) is 70.7 Å². The van der Waals surface area contributed by atoms with Crippen molar-refractivity contribution in [2.75, 3.05) is 45.9 Å². The van der Waals surface area contributed by atoms with Crippen molar-refractivity contribution in [2.24, 2.45) is 5.92 Å². The van der Waals surface area contributed by atoms with Crippen LogP contribution in [-0.4, -0.2) is 85.7 Å². The molecule has 0 saturated heterocycles. The zero-order valence-electron chi connectivity index (χ0n) is 48.5. The molecule has 422 valence electrons. The van der Waals surface area contributed by atoms with Crippen LogP contribution in [0.5, 0.6) is 0 Å². The van der Waals surface area contributed by atoms with Gasteiger partial charge in [0.25, 0.3) is 0 Å². The second kappa shape index (κ2) is 54.6. The summed E-state index contributed by atoms with van der Waals surface area (Å²) in [6, 6.07) is 0. The molecule has 0 heterocycles. The smallest absolute Gasteiger partial charge is 0.306 e. The molecule has 72 heavy (non-hydrogen) atoms. The van der Waals surface area contributed by atoms with Crippen molar-refractivity contribution in [3.63, 3.8) is 0 Å². The number of allylic oxidation sites excluding steroid dienone is 4. The van der Waals surface area contributed by atoms with Gasteiger partial charge in [-0.05, 0) is 116 Å². The summed E-state index contributed by atoms with van der Waals surface area (Å²) >= 11 is 0. The number of hydrogen-bond donors (Lipinski definition) is 0. The van der Waals surface area contributed by atoms with Crippen molar-refractivity contribution in [3.05, 3.63) is 24.3 Å². The third-order valence-electron chi connectivity index (χ3n) is 14.2. The third-order valence-corrected chi connectivity index (χ3v) is 14.2. The molecule has 0 aromatic carbocycles. The van der Waals surface area contributed by atoms with Gasteiger partial charge in [0.1, 0.15) is 6.10 Å². The lowest BCUT2D eigenvalue weighted by atomic mass is 10.0. The molecule has 9 heteroatoms. The predicted octanol–water partition coefficient (Wildman–Crippen LogP) is 17.6. The van der Waals surface area contributed by atoms with Gasteiger partial charge in [-0.1, -0.05) is 201 Å². The van der Waals surface area contributed by atoms with Crippen molar-refractivity contribution in [1.82, 2.24) is 9.80 Å². The van der Waals surface area contributed by atoms with Crippen LogP contribution >= 0.6 is 0 Å². The fraction of sp³-hybridized carbons (Fsp3) is 0.873. The predicted molar refractivity (Wildman–Crippen MR) is 305 cm³/mol. The zero-order valence-corrected chi connectivity index (χ0v) is 48.5. The van der Waals surface area contributed by atoms with Gasteiger partial charge in [0, 0.05) is 44.7 Å². The van der Waals surface area contributed by atoms with Crippen LogP contribution in [-0.2, 0) is 33.4 Å². The van der Waals surface area contributed by atoms with Gasteiger partial charge in [0.2, 0.25) is 5.91 Å². The van der Waals surface area contributed by atoms with Gasteiger partial charge in [0.05, 0.1) is 13.2 Å². The Bertz CT molecular complexity index is 1270. The van der Waals surface area contributed by atoms with Gasteiger partial charge < -0.3 is 24.0 Å². The van der Waals surface area contributed by atoms with E-state index in [0.717, 1.165) is 142 Å². The summed E-state index contributed by atoms with van der Waals surface area (Å²) in [5, 5.41) is 0. The molecule has 0 saturated carbocycles. The van der Waals surface area contributed by atoms with Crippen molar-refractivity contribution in [3.8, 4) is 0 Å². The Kier molecular flexibility index (Phi) is 52.5. The molecule has 0 N–H and O–H groups in total. The van der Waals surface area contributed by atoms with Crippen LogP contribution in [0, 0.1) is 5.92 Å². The van der Waals surface area contributed by atoms with Gasteiger partial charge in [0.15, 0.2) is 0 Å². The Morgan fingerprint density at radius 3 is 1.28 bits per heavy atom. The van der Waals surface area contributed by atoms with Gasteiger partial charge in [-0.2, -0.15) is 0 Å². The number of rotatable bonds is 55. The normalized spacial score (nSPS) is 12.2. The Morgan fingerprint density at radius 2 is 0.792 bits per heavy atom. The first kappa shape index (κ1) is 69.3. The largest absolute Gasteiger partial charge is 0.465 e. The molecular formula is C63H118N2O7. The average molecular weight is 1020 g/mol. The summed E-state index contributed by atoms with van der Waals surface area (Å²) in [6.45, 7) is 17.6. The van der Waals surface area contributed by atoms with Crippen LogP contribution in [0.15, 0.2) is 24.3 Å². The number of carbonyl (C=O) groups excluding carboxylic acids is 4. The summed E-state index contributed by atoms with van der Waals surface area (Å²) < 4.78 is 17.8. The van der Waals surface area contributed by atoms with E-state index in [1.54, 1.807) is 0 Å². The fourth-order valence-corrected chi connectivity index (χ4v) is 9.35. The zero-order chi connectivity index (χ0) is 52.8. The summed E-state index contributed by atoms with van der Waals surface area (Å²) in [4.78, 5) is 57.2. The maximum Gasteiger partial charge on any atom is 0.306 e. The SMILES string of the molecule is CCCCC/C=C\C/C=C\CCCCCCCC(=O)OCC(COC(=O)CCCCCCC(=O)OC(CCCCCCCC)CCCCCCCC)CN(CCCCN(CC)CC)C(=O)CCCCCCC. The second-order valence-electron chi connectivity index (χ2n) is 21.1. The molecule has 9 nitrogen and oxygen atoms in total. The first-order valence-electron chi connectivity index (χ1n) is 31.0. The van der Waals surface area contributed by atoms with E-state index < -0.39 is 0 Å². The van der Waals surface area contributed by atoms with E-state index in [4.69, 9.17) is 14.2 Å². The number of amides is 1. The van der Waals surface area contributed by atoms with Gasteiger partial charge in [-0.15, -0.1) is 0 Å². The molecule has 0 bridgehead atoms. The lowest BCUT2D eigenvalue weighted by Gasteiger charge is -2.28. The van der Waals surface area contributed by atoms with E-state index in [0.29, 0.717) is 45.2 Å². The highest BCUT2D eigenvalue weighted by atomic mass is 16.5. The number of carbonyl (C=O) groups is 4. The fourth-order valence-electron chi connectivity index (χ4n) is 9.35. The second-order valence-corrected chi connectivity index (χ2v) is 21.1. The molecule has 0 aliphatic heterocycles. The van der Waals surface area contributed by atoms with E-state index in [-0.39, 0.29) is 49.1 Å². The van der Waals surface area contributed by atoms with Crippen LogP contribution in [0.1, 0.15) is 298 Å². The van der Waals surface area contributed by atoms with Crippen molar-refractivity contribution >= 4 is 23.8 Å². The van der Waals surface area contributed by atoms with E-state index >= 15 is 0 Å². The highest BCUT2D eigenvalue weighted by molar-refractivity contribution is 5.76. The number of hydrogen-bond acceptors (Lipinski definition) is 8. The maximum absolute atomic E-state index is 13.7. The highest BCUT2D eigenvalue weighted by Gasteiger charge is 2.22. The van der Waals surface area contributed by atoms with Crippen molar-refractivity contribution in [2.45, 2.75) is 304 Å². The van der Waals surface area contributed by atoms with Gasteiger partial charge in [-0.25, -0.2) is 0 Å². The minimum absolute atomic E-state index is 0.0332. The van der Waals surface area contributed by atoms with Crippen LogP contribution < -0.4 is 0 Å². The Balaban J connectivity index is 5.20. The molecule has 1 unspecified atom stereocenters. The highest BCUT2D eigenvalue weighted by Crippen LogP contribution is 2.19. The van der Waals surface area contributed by atoms with E-state index in [1.807, 2.05) is 4.90 Å². The number of unbranched alkanes of at least 4 members (excludes halogenated alkanes) is 26. The Hall–Kier alpha value is -2.68. The van der Waals surface area contributed by atoms with Crippen LogP contribution in [0.25, 0.3) is 0 Å². The summed E-state index contributed by atoms with van der Waals surface area (Å²) in [7, 11) is 0. The minimum atomic E-state index is -0.300. The molecule has 0 rings (SSSR count). The van der Waals surface area contributed by atoms with Crippen molar-refractivity contribution in [1.29, 1.82) is 0 Å². The molecule has 0 aromatic rings. The topological polar surface area (TPSA) is 102 Å². The molecule has 1 amide bonds. The monoisotopic (exact) mass is 1010 g/mol. The standard InChI is InChI=1S/C63H118N2O7/c1-7-13-17-21-24-25-26-27-28-29-30-31-32-36-42-50-61(67)70-56-58(55-65(54-46-45-53-64(11-5)12-6)60(66)49-41-33-20-16-10-4)57-71-62(68)51-43-37-38-44-52-63(69)72-59(47-39-34-22-18-14-8-2)48-40-35-23-19-15-9-3/h24-25,27-28,58-59H,7-23,26,29-57H2,1-6H3/b25-24-,28-27-. The number of nitrogens with zero attached hydrogens (tertiary/aromatic N) is 2. The number of esters is 3. The first-order chi connectivity index (χ1) is 35.2. The van der Waals surface area contributed by atoms with E-state index in [9.17, 15) is 19.2 Å². The van der Waals surface area contributed by atoms with Crippen LogP contribution in [0.2, 0.25) is 0 Å².